The predicted octanol–water partition coefficient (Wildman–Crippen LogP) is 4.02. The van der Waals surface area contributed by atoms with Crippen LogP contribution in [0.15, 0.2) is 54.6 Å². The standard InChI is InChI=1S/C19H18FN3O/c1-23-18(19(20)11-12-19)21-17(22-23)15-7-9-16(10-8-15)24-13-14-5-3-2-4-6-14/h2-10H,11-13H2,1H3. The number of hydrogen-bond donors (Lipinski definition) is 0. The molecule has 0 N–H and O–H groups in total. The van der Waals surface area contributed by atoms with Crippen LogP contribution in [0.1, 0.15) is 24.2 Å². The molecular formula is C19H18FN3O. The molecule has 0 amide bonds. The second-order valence-electron chi connectivity index (χ2n) is 6.15. The molecule has 4 rings (SSSR count). The highest BCUT2D eigenvalue weighted by Crippen LogP contribution is 2.48. The van der Waals surface area contributed by atoms with Gasteiger partial charge in [-0.3, -0.25) is 0 Å². The lowest BCUT2D eigenvalue weighted by Crippen LogP contribution is -2.07. The van der Waals surface area contributed by atoms with Crippen LogP contribution in [0.4, 0.5) is 4.39 Å². The van der Waals surface area contributed by atoms with Crippen LogP contribution in [-0.2, 0) is 19.3 Å². The highest BCUT2D eigenvalue weighted by atomic mass is 19.1. The van der Waals surface area contributed by atoms with Gasteiger partial charge >= 0.3 is 0 Å². The van der Waals surface area contributed by atoms with Crippen LogP contribution >= 0.6 is 0 Å². The lowest BCUT2D eigenvalue weighted by Gasteiger charge is -2.06. The Hall–Kier alpha value is -2.69. The number of rotatable bonds is 5. The summed E-state index contributed by atoms with van der Waals surface area (Å²) in [6, 6.07) is 17.6. The predicted molar refractivity (Wildman–Crippen MR) is 89.2 cm³/mol. The van der Waals surface area contributed by atoms with Crippen molar-refractivity contribution >= 4 is 0 Å². The fraction of sp³-hybridized carbons (Fsp3) is 0.263. The molecule has 122 valence electrons. The monoisotopic (exact) mass is 323 g/mol. The molecule has 0 saturated heterocycles. The van der Waals surface area contributed by atoms with E-state index < -0.39 is 5.67 Å². The molecule has 4 nitrogen and oxygen atoms in total. The van der Waals surface area contributed by atoms with Gasteiger partial charge in [-0.05, 0) is 42.7 Å². The molecule has 1 aliphatic carbocycles. The average molecular weight is 323 g/mol. The molecule has 5 heteroatoms. The molecule has 2 aromatic carbocycles. The number of alkyl halides is 1. The van der Waals surface area contributed by atoms with Gasteiger partial charge in [0.05, 0.1) is 0 Å². The van der Waals surface area contributed by atoms with Crippen molar-refractivity contribution in [2.45, 2.75) is 25.1 Å². The highest BCUT2D eigenvalue weighted by Gasteiger charge is 2.49. The van der Waals surface area contributed by atoms with Crippen LogP contribution in [0.5, 0.6) is 5.75 Å². The minimum Gasteiger partial charge on any atom is -0.489 e. The second-order valence-corrected chi connectivity index (χ2v) is 6.15. The van der Waals surface area contributed by atoms with Gasteiger partial charge in [0, 0.05) is 12.6 Å². The van der Waals surface area contributed by atoms with Crippen molar-refractivity contribution in [1.29, 1.82) is 0 Å². The van der Waals surface area contributed by atoms with E-state index in [9.17, 15) is 4.39 Å². The first-order valence-corrected chi connectivity index (χ1v) is 8.02. The zero-order valence-electron chi connectivity index (χ0n) is 13.4. The van der Waals surface area contributed by atoms with Gasteiger partial charge < -0.3 is 4.74 Å². The number of ether oxygens (including phenoxy) is 1. The number of hydrogen-bond acceptors (Lipinski definition) is 3. The van der Waals surface area contributed by atoms with E-state index in [-0.39, 0.29) is 0 Å². The zero-order valence-corrected chi connectivity index (χ0v) is 13.4. The maximum atomic E-state index is 14.2. The van der Waals surface area contributed by atoms with Crippen molar-refractivity contribution in [2.75, 3.05) is 0 Å². The first kappa shape index (κ1) is 14.9. The van der Waals surface area contributed by atoms with Crippen LogP contribution in [0, 0.1) is 0 Å². The molecule has 1 fully saturated rings. The number of aryl methyl sites for hydroxylation is 1. The third-order valence-corrected chi connectivity index (χ3v) is 4.21. The topological polar surface area (TPSA) is 39.9 Å². The van der Waals surface area contributed by atoms with E-state index in [4.69, 9.17) is 4.74 Å². The Balaban J connectivity index is 1.48. The van der Waals surface area contributed by atoms with E-state index in [0.717, 1.165) is 16.9 Å². The highest BCUT2D eigenvalue weighted by molar-refractivity contribution is 5.56. The van der Waals surface area contributed by atoms with Gasteiger partial charge in [-0.15, -0.1) is 0 Å². The molecule has 0 unspecified atom stereocenters. The van der Waals surface area contributed by atoms with Crippen molar-refractivity contribution in [2.24, 2.45) is 7.05 Å². The van der Waals surface area contributed by atoms with Crippen LogP contribution in [0.2, 0.25) is 0 Å². The van der Waals surface area contributed by atoms with Crippen molar-refractivity contribution < 1.29 is 9.13 Å². The summed E-state index contributed by atoms with van der Waals surface area (Å²) in [7, 11) is 1.74. The van der Waals surface area contributed by atoms with Gasteiger partial charge in [-0.2, -0.15) is 5.10 Å². The van der Waals surface area contributed by atoms with E-state index in [1.807, 2.05) is 54.6 Å². The van der Waals surface area contributed by atoms with Gasteiger partial charge in [0.15, 0.2) is 17.3 Å². The summed E-state index contributed by atoms with van der Waals surface area (Å²) in [5.41, 5.74) is 0.696. The van der Waals surface area contributed by atoms with E-state index in [0.29, 0.717) is 31.1 Å². The Morgan fingerprint density at radius 1 is 1.08 bits per heavy atom. The smallest absolute Gasteiger partial charge is 0.181 e. The fourth-order valence-electron chi connectivity index (χ4n) is 2.67. The Bertz CT molecular complexity index is 839. The van der Waals surface area contributed by atoms with Crippen LogP contribution in [0.25, 0.3) is 11.4 Å². The van der Waals surface area contributed by atoms with E-state index >= 15 is 0 Å². The molecule has 1 heterocycles. The molecular weight excluding hydrogens is 305 g/mol. The molecule has 0 atom stereocenters. The maximum absolute atomic E-state index is 14.2. The summed E-state index contributed by atoms with van der Waals surface area (Å²) in [5.74, 6) is 1.75. The van der Waals surface area contributed by atoms with Gasteiger partial charge in [-0.1, -0.05) is 30.3 Å². The van der Waals surface area contributed by atoms with Gasteiger partial charge in [0.1, 0.15) is 12.4 Å². The average Bonchev–Trinajstić information content (AvgIpc) is 3.23. The molecule has 0 radical (unpaired) electrons. The SMILES string of the molecule is Cn1nc(-c2ccc(OCc3ccccc3)cc2)nc1C1(F)CC1. The Morgan fingerprint density at radius 3 is 2.46 bits per heavy atom. The Kier molecular flexibility index (Phi) is 3.56. The molecule has 0 spiro atoms. The van der Waals surface area contributed by atoms with Gasteiger partial charge in [0.25, 0.3) is 0 Å². The molecule has 1 aromatic heterocycles. The van der Waals surface area contributed by atoms with Crippen LogP contribution in [-0.4, -0.2) is 14.8 Å². The van der Waals surface area contributed by atoms with Crippen LogP contribution < -0.4 is 4.74 Å². The maximum Gasteiger partial charge on any atom is 0.181 e. The first-order valence-electron chi connectivity index (χ1n) is 8.02. The van der Waals surface area contributed by atoms with E-state index in [1.54, 1.807) is 11.7 Å². The summed E-state index contributed by atoms with van der Waals surface area (Å²) in [6.45, 7) is 0.524. The number of aromatic nitrogens is 3. The molecule has 1 saturated carbocycles. The summed E-state index contributed by atoms with van der Waals surface area (Å²) in [5, 5.41) is 4.34. The Morgan fingerprint density at radius 2 is 1.79 bits per heavy atom. The summed E-state index contributed by atoms with van der Waals surface area (Å²) >= 11 is 0. The molecule has 1 aliphatic rings. The van der Waals surface area contributed by atoms with Crippen molar-refractivity contribution in [1.82, 2.24) is 14.8 Å². The van der Waals surface area contributed by atoms with Gasteiger partial charge in [-0.25, -0.2) is 14.1 Å². The third-order valence-electron chi connectivity index (χ3n) is 4.21. The normalized spacial score (nSPS) is 15.2. The van der Waals surface area contributed by atoms with E-state index in [2.05, 4.69) is 10.1 Å². The quantitative estimate of drug-likeness (QED) is 0.712. The molecule has 0 aliphatic heterocycles. The fourth-order valence-corrected chi connectivity index (χ4v) is 2.67. The summed E-state index contributed by atoms with van der Waals surface area (Å²) < 4.78 is 21.5. The number of benzene rings is 2. The second kappa shape index (κ2) is 5.74. The zero-order chi connectivity index (χ0) is 16.6. The van der Waals surface area contributed by atoms with Gasteiger partial charge in [0.2, 0.25) is 0 Å². The largest absolute Gasteiger partial charge is 0.489 e. The number of halogens is 1. The molecule has 3 aromatic rings. The molecule has 0 bridgehead atoms. The first-order chi connectivity index (χ1) is 11.6. The third kappa shape index (κ3) is 2.89. The van der Waals surface area contributed by atoms with Crippen molar-refractivity contribution in [3.63, 3.8) is 0 Å². The lowest BCUT2D eigenvalue weighted by molar-refractivity contribution is 0.290. The molecule has 24 heavy (non-hydrogen) atoms. The Labute approximate surface area is 139 Å². The minimum atomic E-state index is -1.28. The summed E-state index contributed by atoms with van der Waals surface area (Å²) in [4.78, 5) is 4.37. The van der Waals surface area contributed by atoms with E-state index in [1.165, 1.54) is 0 Å². The van der Waals surface area contributed by atoms with Crippen LogP contribution in [0.3, 0.4) is 0 Å². The van der Waals surface area contributed by atoms with Crippen molar-refractivity contribution in [3.05, 3.63) is 66.0 Å². The summed E-state index contributed by atoms with van der Waals surface area (Å²) in [6.07, 6.45) is 1.07. The number of nitrogens with zero attached hydrogens (tertiary/aromatic N) is 3. The van der Waals surface area contributed by atoms with Crippen molar-refractivity contribution in [3.8, 4) is 17.1 Å². The lowest BCUT2D eigenvalue weighted by atomic mass is 10.2. The minimum absolute atomic E-state index is 0.418.